The minimum Gasteiger partial charge on any atom is -0.475 e. The monoisotopic (exact) mass is 386 g/mol. The molecule has 12 heteroatoms. The summed E-state index contributed by atoms with van der Waals surface area (Å²) in [5.41, 5.74) is 1.11. The number of carboxylic acid groups (broad SMARTS) is 1. The predicted octanol–water partition coefficient (Wildman–Crippen LogP) is 0.186. The number of carboxylic acids is 1. The lowest BCUT2D eigenvalue weighted by molar-refractivity contribution is -0.192. The summed E-state index contributed by atoms with van der Waals surface area (Å²) < 4.78 is 33.3. The van der Waals surface area contributed by atoms with E-state index in [0.29, 0.717) is 12.2 Å². The van der Waals surface area contributed by atoms with Gasteiger partial charge in [0.25, 0.3) is 0 Å². The van der Waals surface area contributed by atoms with Crippen molar-refractivity contribution in [3.05, 3.63) is 16.8 Å². The first kappa shape index (κ1) is 20.2. The van der Waals surface area contributed by atoms with Gasteiger partial charge in [-0.1, -0.05) is 5.92 Å². The second kappa shape index (κ2) is 8.54. The average molecular weight is 386 g/mol. The third-order valence-electron chi connectivity index (χ3n) is 3.62. The van der Waals surface area contributed by atoms with Gasteiger partial charge in [0, 0.05) is 26.2 Å². The fraction of sp³-hybridized carbons (Fsp3) is 0.467. The van der Waals surface area contributed by atoms with E-state index in [1.165, 1.54) is 6.33 Å². The SMILES string of the molecule is CC#CCn1c(=O)[nH]c2ncnc(N3CCNCC3)c21.O=C(O)C(F)(F)F. The van der Waals surface area contributed by atoms with Gasteiger partial charge >= 0.3 is 17.8 Å². The predicted molar refractivity (Wildman–Crippen MR) is 90.4 cm³/mol. The number of aromatic nitrogens is 4. The summed E-state index contributed by atoms with van der Waals surface area (Å²) in [6.45, 7) is 5.66. The Morgan fingerprint density at radius 3 is 2.52 bits per heavy atom. The van der Waals surface area contributed by atoms with E-state index in [2.05, 4.69) is 37.0 Å². The van der Waals surface area contributed by atoms with Gasteiger partial charge in [-0.2, -0.15) is 13.2 Å². The summed E-state index contributed by atoms with van der Waals surface area (Å²) >= 11 is 0. The molecule has 1 aliphatic heterocycles. The van der Waals surface area contributed by atoms with Gasteiger partial charge in [0.05, 0.1) is 6.54 Å². The molecule has 0 aromatic carbocycles. The molecular weight excluding hydrogens is 369 g/mol. The maximum absolute atomic E-state index is 12.0. The second-order valence-corrected chi connectivity index (χ2v) is 5.38. The molecule has 3 heterocycles. The van der Waals surface area contributed by atoms with Crippen LogP contribution in [0.3, 0.4) is 0 Å². The molecule has 0 aliphatic carbocycles. The fourth-order valence-electron chi connectivity index (χ4n) is 2.40. The van der Waals surface area contributed by atoms with Gasteiger partial charge < -0.3 is 15.3 Å². The van der Waals surface area contributed by atoms with Crippen LogP contribution in [-0.2, 0) is 11.3 Å². The number of H-pyrrole nitrogens is 1. The van der Waals surface area contributed by atoms with Crippen molar-refractivity contribution in [1.82, 2.24) is 24.8 Å². The van der Waals surface area contributed by atoms with Gasteiger partial charge in [-0.3, -0.25) is 9.55 Å². The Morgan fingerprint density at radius 2 is 1.96 bits per heavy atom. The Bertz CT molecular complexity index is 919. The smallest absolute Gasteiger partial charge is 0.475 e. The highest BCUT2D eigenvalue weighted by molar-refractivity contribution is 5.83. The third-order valence-corrected chi connectivity index (χ3v) is 3.62. The van der Waals surface area contributed by atoms with Crippen molar-refractivity contribution in [2.24, 2.45) is 0 Å². The van der Waals surface area contributed by atoms with E-state index in [1.54, 1.807) is 11.5 Å². The Kier molecular flexibility index (Phi) is 6.40. The average Bonchev–Trinajstić information content (AvgIpc) is 2.95. The first-order chi connectivity index (χ1) is 12.8. The molecule has 0 saturated carbocycles. The summed E-state index contributed by atoms with van der Waals surface area (Å²) in [4.78, 5) is 34.4. The number of hydrogen-bond donors (Lipinski definition) is 3. The highest BCUT2D eigenvalue weighted by Gasteiger charge is 2.38. The number of nitrogens with zero attached hydrogens (tertiary/aromatic N) is 4. The van der Waals surface area contributed by atoms with Crippen LogP contribution in [-0.4, -0.2) is 63.0 Å². The van der Waals surface area contributed by atoms with Crippen LogP contribution in [0.4, 0.5) is 19.0 Å². The van der Waals surface area contributed by atoms with Crippen LogP contribution in [0.5, 0.6) is 0 Å². The number of alkyl halides is 3. The maximum atomic E-state index is 12.0. The van der Waals surface area contributed by atoms with Gasteiger partial charge in [0.15, 0.2) is 11.5 Å². The van der Waals surface area contributed by atoms with Crippen LogP contribution < -0.4 is 15.9 Å². The Morgan fingerprint density at radius 1 is 1.33 bits per heavy atom. The van der Waals surface area contributed by atoms with Crippen molar-refractivity contribution in [2.75, 3.05) is 31.1 Å². The standard InChI is InChI=1S/C13H16N6O.C2HF3O2/c1-2-3-6-19-10-11(17-13(19)20)15-9-16-12(10)18-7-4-14-5-8-18;3-2(4,5)1(6)7/h9,14H,4-8H2,1H3,(H,15,16,17,20);(H,6,7). The maximum Gasteiger partial charge on any atom is 0.490 e. The molecule has 0 bridgehead atoms. The topological polar surface area (TPSA) is 116 Å². The van der Waals surface area contributed by atoms with Crippen molar-refractivity contribution in [1.29, 1.82) is 0 Å². The number of aromatic amines is 1. The first-order valence-electron chi connectivity index (χ1n) is 7.84. The molecule has 1 aliphatic rings. The molecule has 1 saturated heterocycles. The molecule has 2 aromatic heterocycles. The van der Waals surface area contributed by atoms with Crippen molar-refractivity contribution in [3.8, 4) is 11.8 Å². The number of halogens is 3. The van der Waals surface area contributed by atoms with E-state index in [-0.39, 0.29) is 5.69 Å². The molecule has 0 amide bonds. The molecule has 1 fully saturated rings. The number of aliphatic carboxylic acids is 1. The summed E-state index contributed by atoms with van der Waals surface area (Å²) in [6.07, 6.45) is -3.59. The molecule has 2 aromatic rings. The number of fused-ring (bicyclic) bond motifs is 1. The molecule has 27 heavy (non-hydrogen) atoms. The normalized spacial score (nSPS) is 14.1. The van der Waals surface area contributed by atoms with E-state index >= 15 is 0 Å². The van der Waals surface area contributed by atoms with E-state index in [1.807, 2.05) is 0 Å². The van der Waals surface area contributed by atoms with Crippen LogP contribution in [0, 0.1) is 11.8 Å². The fourth-order valence-corrected chi connectivity index (χ4v) is 2.40. The van der Waals surface area contributed by atoms with Gasteiger partial charge in [-0.05, 0) is 6.92 Å². The molecule has 3 rings (SSSR count). The van der Waals surface area contributed by atoms with Crippen molar-refractivity contribution < 1.29 is 23.1 Å². The number of piperazine rings is 1. The number of carbonyl (C=O) groups is 1. The lowest BCUT2D eigenvalue weighted by atomic mass is 10.3. The van der Waals surface area contributed by atoms with Crippen LogP contribution in [0.2, 0.25) is 0 Å². The number of imidazole rings is 1. The largest absolute Gasteiger partial charge is 0.490 e. The van der Waals surface area contributed by atoms with E-state index in [4.69, 9.17) is 9.90 Å². The molecule has 9 nitrogen and oxygen atoms in total. The summed E-state index contributed by atoms with van der Waals surface area (Å²) in [5, 5.41) is 10.4. The van der Waals surface area contributed by atoms with E-state index in [0.717, 1.165) is 37.5 Å². The lowest BCUT2D eigenvalue weighted by Crippen LogP contribution is -2.44. The van der Waals surface area contributed by atoms with Crippen LogP contribution >= 0.6 is 0 Å². The molecule has 3 N–H and O–H groups in total. The third kappa shape index (κ3) is 4.98. The number of nitrogens with one attached hydrogen (secondary N) is 2. The van der Waals surface area contributed by atoms with E-state index < -0.39 is 12.1 Å². The van der Waals surface area contributed by atoms with Crippen molar-refractivity contribution >= 4 is 23.0 Å². The van der Waals surface area contributed by atoms with E-state index in [9.17, 15) is 18.0 Å². The van der Waals surface area contributed by atoms with Crippen LogP contribution in [0.1, 0.15) is 6.92 Å². The lowest BCUT2D eigenvalue weighted by Gasteiger charge is -2.28. The number of anilines is 1. The van der Waals surface area contributed by atoms with Crippen LogP contribution in [0.25, 0.3) is 11.2 Å². The molecule has 0 spiro atoms. The summed E-state index contributed by atoms with van der Waals surface area (Å²) in [6, 6.07) is 0. The number of rotatable bonds is 2. The number of hydrogen-bond acceptors (Lipinski definition) is 6. The first-order valence-corrected chi connectivity index (χ1v) is 7.84. The molecule has 0 radical (unpaired) electrons. The zero-order valence-electron chi connectivity index (χ0n) is 14.3. The highest BCUT2D eigenvalue weighted by atomic mass is 19.4. The molecule has 0 atom stereocenters. The zero-order valence-corrected chi connectivity index (χ0v) is 14.3. The summed E-state index contributed by atoms with van der Waals surface area (Å²) in [7, 11) is 0. The minimum absolute atomic E-state index is 0.195. The zero-order chi connectivity index (χ0) is 20.0. The van der Waals surface area contributed by atoms with Crippen molar-refractivity contribution in [2.45, 2.75) is 19.6 Å². The van der Waals surface area contributed by atoms with Crippen molar-refractivity contribution in [3.63, 3.8) is 0 Å². The highest BCUT2D eigenvalue weighted by Crippen LogP contribution is 2.21. The Hall–Kier alpha value is -3.07. The van der Waals surface area contributed by atoms with Crippen LogP contribution in [0.15, 0.2) is 11.1 Å². The molecule has 146 valence electrons. The van der Waals surface area contributed by atoms with Gasteiger partial charge in [0.2, 0.25) is 0 Å². The molecular formula is C15H17F3N6O3. The van der Waals surface area contributed by atoms with Gasteiger partial charge in [0.1, 0.15) is 11.8 Å². The second-order valence-electron chi connectivity index (χ2n) is 5.38. The van der Waals surface area contributed by atoms with Gasteiger partial charge in [-0.25, -0.2) is 19.6 Å². The summed E-state index contributed by atoms with van der Waals surface area (Å²) in [5.74, 6) is 3.77. The minimum atomic E-state index is -5.08. The molecule has 0 unspecified atom stereocenters. The Labute approximate surface area is 151 Å². The Balaban J connectivity index is 0.000000321. The van der Waals surface area contributed by atoms with Gasteiger partial charge in [-0.15, -0.1) is 5.92 Å². The quantitative estimate of drug-likeness (QED) is 0.631.